The molecule has 0 bridgehead atoms. The number of carbonyl (C=O) groups is 3. The predicted molar refractivity (Wildman–Crippen MR) is 81.7 cm³/mol. The number of hydrogen-bond acceptors (Lipinski definition) is 4. The van der Waals surface area contributed by atoms with Crippen LogP contribution in [0.3, 0.4) is 0 Å². The standard InChI is InChI=1S/C15H19N3O4/c1-9(19)16-12-4-5-14(22-3)13(6-12)17-15(21)11-7-18(8-11)10(2)20/h4-6,11H,7-8H2,1-3H3,(H,16,19)(H,17,21). The van der Waals surface area contributed by atoms with Gasteiger partial charge in [-0.15, -0.1) is 0 Å². The monoisotopic (exact) mass is 305 g/mol. The maximum absolute atomic E-state index is 12.2. The number of amides is 3. The van der Waals surface area contributed by atoms with Gasteiger partial charge < -0.3 is 20.3 Å². The Kier molecular flexibility index (Phi) is 4.65. The molecule has 0 aliphatic carbocycles. The molecule has 22 heavy (non-hydrogen) atoms. The Hall–Kier alpha value is -2.57. The van der Waals surface area contributed by atoms with Crippen LogP contribution < -0.4 is 15.4 Å². The second-order valence-corrected chi connectivity index (χ2v) is 5.21. The highest BCUT2D eigenvalue weighted by atomic mass is 16.5. The van der Waals surface area contributed by atoms with Crippen LogP contribution in [-0.2, 0) is 14.4 Å². The van der Waals surface area contributed by atoms with Gasteiger partial charge in [0.1, 0.15) is 5.75 Å². The van der Waals surface area contributed by atoms with Crippen molar-refractivity contribution in [3.63, 3.8) is 0 Å². The van der Waals surface area contributed by atoms with E-state index in [2.05, 4.69) is 10.6 Å². The zero-order valence-corrected chi connectivity index (χ0v) is 12.8. The first kappa shape index (κ1) is 15.8. The van der Waals surface area contributed by atoms with Crippen molar-refractivity contribution < 1.29 is 19.1 Å². The van der Waals surface area contributed by atoms with Gasteiger partial charge in [-0.1, -0.05) is 0 Å². The molecule has 1 aromatic carbocycles. The Labute approximate surface area is 128 Å². The number of nitrogens with one attached hydrogen (secondary N) is 2. The van der Waals surface area contributed by atoms with E-state index in [0.29, 0.717) is 30.2 Å². The lowest BCUT2D eigenvalue weighted by Gasteiger charge is -2.37. The summed E-state index contributed by atoms with van der Waals surface area (Å²) in [7, 11) is 1.50. The molecule has 1 aromatic rings. The zero-order valence-electron chi connectivity index (χ0n) is 12.8. The molecule has 1 fully saturated rings. The highest BCUT2D eigenvalue weighted by molar-refractivity contribution is 5.97. The first-order valence-electron chi connectivity index (χ1n) is 6.92. The Bertz CT molecular complexity index is 609. The number of carbonyl (C=O) groups excluding carboxylic acids is 3. The van der Waals surface area contributed by atoms with Gasteiger partial charge in [-0.25, -0.2) is 0 Å². The summed E-state index contributed by atoms with van der Waals surface area (Å²) in [4.78, 5) is 36.0. The summed E-state index contributed by atoms with van der Waals surface area (Å²) in [5.41, 5.74) is 1.06. The molecule has 2 N–H and O–H groups in total. The number of methoxy groups -OCH3 is 1. The molecular formula is C15H19N3O4. The summed E-state index contributed by atoms with van der Waals surface area (Å²) in [6.07, 6.45) is 0. The van der Waals surface area contributed by atoms with Crippen LogP contribution in [0.4, 0.5) is 11.4 Å². The van der Waals surface area contributed by atoms with E-state index in [1.54, 1.807) is 23.1 Å². The van der Waals surface area contributed by atoms with E-state index < -0.39 is 0 Å². The van der Waals surface area contributed by atoms with Crippen LogP contribution in [0.5, 0.6) is 5.75 Å². The van der Waals surface area contributed by atoms with Crippen LogP contribution in [-0.4, -0.2) is 42.8 Å². The van der Waals surface area contributed by atoms with Gasteiger partial charge in [-0.3, -0.25) is 14.4 Å². The van der Waals surface area contributed by atoms with E-state index >= 15 is 0 Å². The van der Waals surface area contributed by atoms with Crippen molar-refractivity contribution in [3.05, 3.63) is 18.2 Å². The van der Waals surface area contributed by atoms with Gasteiger partial charge in [-0.2, -0.15) is 0 Å². The third-order valence-electron chi connectivity index (χ3n) is 3.48. The molecule has 0 unspecified atom stereocenters. The minimum absolute atomic E-state index is 0.0331. The number of hydrogen-bond donors (Lipinski definition) is 2. The molecule has 118 valence electrons. The van der Waals surface area contributed by atoms with Crippen molar-refractivity contribution >= 4 is 29.1 Å². The average molecular weight is 305 g/mol. The second-order valence-electron chi connectivity index (χ2n) is 5.21. The lowest BCUT2D eigenvalue weighted by molar-refractivity contribution is -0.139. The van der Waals surface area contributed by atoms with Crippen molar-refractivity contribution in [2.24, 2.45) is 5.92 Å². The Balaban J connectivity index is 2.06. The van der Waals surface area contributed by atoms with Crippen LogP contribution >= 0.6 is 0 Å². The summed E-state index contributed by atoms with van der Waals surface area (Å²) in [5, 5.41) is 5.43. The summed E-state index contributed by atoms with van der Waals surface area (Å²) in [6, 6.07) is 5.00. The van der Waals surface area contributed by atoms with Gasteiger partial charge in [0, 0.05) is 32.6 Å². The molecular weight excluding hydrogens is 286 g/mol. The molecule has 3 amide bonds. The zero-order chi connectivity index (χ0) is 16.3. The number of anilines is 2. The maximum atomic E-state index is 12.2. The third-order valence-corrected chi connectivity index (χ3v) is 3.48. The fourth-order valence-corrected chi connectivity index (χ4v) is 2.22. The first-order chi connectivity index (χ1) is 10.4. The Morgan fingerprint density at radius 2 is 1.86 bits per heavy atom. The number of benzene rings is 1. The van der Waals surface area contributed by atoms with Gasteiger partial charge in [0.15, 0.2) is 0 Å². The molecule has 0 aromatic heterocycles. The molecule has 1 saturated heterocycles. The quantitative estimate of drug-likeness (QED) is 0.871. The summed E-state index contributed by atoms with van der Waals surface area (Å²) in [5.74, 6) is -0.119. The van der Waals surface area contributed by atoms with Crippen LogP contribution in [0.15, 0.2) is 18.2 Å². The Morgan fingerprint density at radius 3 is 2.41 bits per heavy atom. The smallest absolute Gasteiger partial charge is 0.231 e. The molecule has 2 rings (SSSR count). The van der Waals surface area contributed by atoms with Gasteiger partial charge in [-0.05, 0) is 18.2 Å². The number of likely N-dealkylation sites (tertiary alicyclic amines) is 1. The average Bonchev–Trinajstić information content (AvgIpc) is 2.36. The van der Waals surface area contributed by atoms with E-state index in [0.717, 1.165) is 0 Å². The predicted octanol–water partition coefficient (Wildman–Crippen LogP) is 1.07. The van der Waals surface area contributed by atoms with Crippen LogP contribution in [0, 0.1) is 5.92 Å². The number of rotatable bonds is 4. The molecule has 0 radical (unpaired) electrons. The Morgan fingerprint density at radius 1 is 1.18 bits per heavy atom. The molecule has 1 aliphatic rings. The maximum Gasteiger partial charge on any atom is 0.231 e. The lowest BCUT2D eigenvalue weighted by atomic mass is 9.99. The largest absolute Gasteiger partial charge is 0.495 e. The molecule has 7 heteroatoms. The third kappa shape index (κ3) is 3.55. The van der Waals surface area contributed by atoms with Gasteiger partial charge in [0.2, 0.25) is 17.7 Å². The summed E-state index contributed by atoms with van der Waals surface area (Å²) < 4.78 is 5.20. The number of ether oxygens (including phenoxy) is 1. The molecule has 0 saturated carbocycles. The normalized spacial score (nSPS) is 14.0. The fraction of sp³-hybridized carbons (Fsp3) is 0.400. The molecule has 1 heterocycles. The lowest BCUT2D eigenvalue weighted by Crippen LogP contribution is -2.53. The van der Waals surface area contributed by atoms with Gasteiger partial charge in [0.05, 0.1) is 18.7 Å². The first-order valence-corrected chi connectivity index (χ1v) is 6.92. The summed E-state index contributed by atoms with van der Waals surface area (Å²) in [6.45, 7) is 3.74. The SMILES string of the molecule is COc1ccc(NC(C)=O)cc1NC(=O)C1CN(C(C)=O)C1. The fourth-order valence-electron chi connectivity index (χ4n) is 2.22. The highest BCUT2D eigenvalue weighted by Crippen LogP contribution is 2.29. The van der Waals surface area contributed by atoms with Gasteiger partial charge in [0.25, 0.3) is 0 Å². The topological polar surface area (TPSA) is 87.7 Å². The van der Waals surface area contributed by atoms with Gasteiger partial charge >= 0.3 is 0 Å². The van der Waals surface area contributed by atoms with Crippen LogP contribution in [0.25, 0.3) is 0 Å². The van der Waals surface area contributed by atoms with E-state index in [4.69, 9.17) is 4.74 Å². The minimum Gasteiger partial charge on any atom is -0.495 e. The van der Waals surface area contributed by atoms with Crippen molar-refractivity contribution in [1.29, 1.82) is 0 Å². The van der Waals surface area contributed by atoms with E-state index in [1.165, 1.54) is 21.0 Å². The van der Waals surface area contributed by atoms with Crippen LogP contribution in [0.1, 0.15) is 13.8 Å². The van der Waals surface area contributed by atoms with Crippen molar-refractivity contribution in [2.75, 3.05) is 30.8 Å². The highest BCUT2D eigenvalue weighted by Gasteiger charge is 2.34. The molecule has 7 nitrogen and oxygen atoms in total. The van der Waals surface area contributed by atoms with E-state index in [1.807, 2.05) is 0 Å². The van der Waals surface area contributed by atoms with Crippen molar-refractivity contribution in [2.45, 2.75) is 13.8 Å². The molecule has 0 spiro atoms. The molecule has 1 aliphatic heterocycles. The van der Waals surface area contributed by atoms with E-state index in [-0.39, 0.29) is 23.6 Å². The second kappa shape index (κ2) is 6.46. The van der Waals surface area contributed by atoms with E-state index in [9.17, 15) is 14.4 Å². The molecule has 0 atom stereocenters. The van der Waals surface area contributed by atoms with Crippen LogP contribution in [0.2, 0.25) is 0 Å². The van der Waals surface area contributed by atoms with Crippen molar-refractivity contribution in [1.82, 2.24) is 4.90 Å². The summed E-state index contributed by atoms with van der Waals surface area (Å²) >= 11 is 0. The minimum atomic E-state index is -0.224. The van der Waals surface area contributed by atoms with Crippen molar-refractivity contribution in [3.8, 4) is 5.75 Å². The number of nitrogens with zero attached hydrogens (tertiary/aromatic N) is 1.